The first-order valence-electron chi connectivity index (χ1n) is 5.76. The second-order valence-corrected chi connectivity index (χ2v) is 3.96. The van der Waals surface area contributed by atoms with Gasteiger partial charge >= 0.3 is 11.9 Å². The molecule has 0 aliphatic carbocycles. The summed E-state index contributed by atoms with van der Waals surface area (Å²) in [6.07, 6.45) is 0. The third-order valence-corrected chi connectivity index (χ3v) is 2.35. The summed E-state index contributed by atoms with van der Waals surface area (Å²) in [5.41, 5.74) is 0.423. The molecule has 2 N–H and O–H groups in total. The van der Waals surface area contributed by atoms with Crippen LogP contribution in [0.15, 0.2) is 24.3 Å². The molecule has 0 heterocycles. The maximum atomic E-state index is 11.7. The molecule has 0 bridgehead atoms. The molecule has 0 radical (unpaired) electrons. The van der Waals surface area contributed by atoms with Crippen molar-refractivity contribution in [1.29, 1.82) is 5.26 Å². The Labute approximate surface area is 119 Å². The molecule has 0 spiro atoms. The Bertz CT molecular complexity index is 559. The summed E-state index contributed by atoms with van der Waals surface area (Å²) in [6, 6.07) is 7.86. The van der Waals surface area contributed by atoms with E-state index in [0.29, 0.717) is 16.2 Å². The average molecular weight is 292 g/mol. The number of nitrogens with zero attached hydrogens (tertiary/aromatic N) is 2. The van der Waals surface area contributed by atoms with Gasteiger partial charge in [-0.15, -0.1) is 0 Å². The number of carbonyl (C=O) groups excluding carboxylic acids is 1. The lowest BCUT2D eigenvalue weighted by Gasteiger charge is -2.18. The van der Waals surface area contributed by atoms with E-state index in [1.807, 2.05) is 6.07 Å². The Morgan fingerprint density at radius 2 is 1.62 bits per heavy atom. The van der Waals surface area contributed by atoms with Crippen molar-refractivity contribution in [3.8, 4) is 11.8 Å². The zero-order valence-electron chi connectivity index (χ0n) is 10.9. The summed E-state index contributed by atoms with van der Waals surface area (Å²) >= 11 is 0. The maximum absolute atomic E-state index is 11.7. The predicted octanol–water partition coefficient (Wildman–Crippen LogP) is -0.0651. The van der Waals surface area contributed by atoms with Crippen LogP contribution in [0.25, 0.3) is 0 Å². The van der Waals surface area contributed by atoms with Crippen molar-refractivity contribution >= 4 is 17.8 Å². The second kappa shape index (κ2) is 7.49. The van der Waals surface area contributed by atoms with Crippen molar-refractivity contribution in [3.05, 3.63) is 29.8 Å². The molecule has 110 valence electrons. The summed E-state index contributed by atoms with van der Waals surface area (Å²) in [5, 5.41) is 25.9. The van der Waals surface area contributed by atoms with Crippen molar-refractivity contribution in [3.63, 3.8) is 0 Å². The van der Waals surface area contributed by atoms with E-state index in [9.17, 15) is 14.4 Å². The molecule has 0 unspecified atom stereocenters. The Hall–Kier alpha value is -3.08. The van der Waals surface area contributed by atoms with Gasteiger partial charge in [0.2, 0.25) is 0 Å². The molecule has 0 aromatic heterocycles. The third-order valence-electron chi connectivity index (χ3n) is 2.35. The Kier molecular flexibility index (Phi) is 5.70. The van der Waals surface area contributed by atoms with Gasteiger partial charge in [-0.3, -0.25) is 14.4 Å². The first-order chi connectivity index (χ1) is 9.92. The molecular formula is C13H12N2O6. The summed E-state index contributed by atoms with van der Waals surface area (Å²) in [6.45, 7) is -1.93. The average Bonchev–Trinajstić information content (AvgIpc) is 2.43. The van der Waals surface area contributed by atoms with Gasteiger partial charge in [0.15, 0.2) is 6.61 Å². The summed E-state index contributed by atoms with van der Waals surface area (Å²) in [5.74, 6) is -3.08. The fourth-order valence-corrected chi connectivity index (χ4v) is 1.42. The monoisotopic (exact) mass is 292 g/mol. The van der Waals surface area contributed by atoms with Crippen LogP contribution < -0.4 is 4.74 Å². The van der Waals surface area contributed by atoms with Gasteiger partial charge in [-0.1, -0.05) is 0 Å². The van der Waals surface area contributed by atoms with Gasteiger partial charge in [0.05, 0.1) is 11.6 Å². The van der Waals surface area contributed by atoms with Crippen LogP contribution in [0.5, 0.6) is 5.75 Å². The highest BCUT2D eigenvalue weighted by Gasteiger charge is 2.20. The van der Waals surface area contributed by atoms with Gasteiger partial charge in [0.1, 0.15) is 18.8 Å². The van der Waals surface area contributed by atoms with Crippen molar-refractivity contribution < 1.29 is 29.3 Å². The first kappa shape index (κ1) is 16.0. The lowest BCUT2D eigenvalue weighted by Crippen LogP contribution is -2.41. The van der Waals surface area contributed by atoms with E-state index in [2.05, 4.69) is 0 Å². The Balaban J connectivity index is 2.61. The fourth-order valence-electron chi connectivity index (χ4n) is 1.42. The highest BCUT2D eigenvalue weighted by Crippen LogP contribution is 2.11. The zero-order chi connectivity index (χ0) is 15.8. The van der Waals surface area contributed by atoms with E-state index >= 15 is 0 Å². The standard InChI is InChI=1S/C13H12N2O6/c14-5-9-1-3-10(4-2-9)21-8-11(16)15(6-12(17)18)7-13(19)20/h1-4H,6-8H2,(H,17,18)(H,19,20). The number of carboxylic acid groups (broad SMARTS) is 2. The van der Waals surface area contributed by atoms with E-state index in [-0.39, 0.29) is 0 Å². The number of hydrogen-bond acceptors (Lipinski definition) is 5. The van der Waals surface area contributed by atoms with Gasteiger partial charge in [-0.25, -0.2) is 0 Å². The molecule has 0 atom stereocenters. The quantitative estimate of drug-likeness (QED) is 0.720. The molecule has 0 saturated heterocycles. The van der Waals surface area contributed by atoms with Crippen LogP contribution in [0.4, 0.5) is 0 Å². The van der Waals surface area contributed by atoms with E-state index in [1.54, 1.807) is 0 Å². The van der Waals surface area contributed by atoms with E-state index in [0.717, 1.165) is 0 Å². The molecule has 21 heavy (non-hydrogen) atoms. The zero-order valence-corrected chi connectivity index (χ0v) is 10.9. The molecule has 1 aromatic rings. The van der Waals surface area contributed by atoms with Crippen LogP contribution in [0, 0.1) is 11.3 Å². The molecule has 1 aromatic carbocycles. The van der Waals surface area contributed by atoms with Crippen LogP contribution in [0.2, 0.25) is 0 Å². The number of carbonyl (C=O) groups is 3. The SMILES string of the molecule is N#Cc1ccc(OCC(=O)N(CC(=O)O)CC(=O)O)cc1. The molecule has 1 rings (SSSR count). The summed E-state index contributed by atoms with van der Waals surface area (Å²) in [7, 11) is 0. The number of aliphatic carboxylic acids is 2. The number of nitriles is 1. The van der Waals surface area contributed by atoms with Crippen LogP contribution in [0.1, 0.15) is 5.56 Å². The molecular weight excluding hydrogens is 280 g/mol. The number of ether oxygens (including phenoxy) is 1. The second-order valence-electron chi connectivity index (χ2n) is 3.96. The van der Waals surface area contributed by atoms with Crippen LogP contribution in [0.3, 0.4) is 0 Å². The molecule has 8 nitrogen and oxygen atoms in total. The first-order valence-corrected chi connectivity index (χ1v) is 5.76. The van der Waals surface area contributed by atoms with E-state index in [4.69, 9.17) is 20.2 Å². The van der Waals surface area contributed by atoms with Gasteiger partial charge < -0.3 is 19.8 Å². The Morgan fingerprint density at radius 3 is 2.05 bits per heavy atom. The smallest absolute Gasteiger partial charge is 0.323 e. The number of carboxylic acids is 2. The number of rotatable bonds is 7. The lowest BCUT2D eigenvalue weighted by molar-refractivity contribution is -0.150. The third kappa shape index (κ3) is 5.61. The van der Waals surface area contributed by atoms with Crippen molar-refractivity contribution in [1.82, 2.24) is 4.90 Å². The summed E-state index contributed by atoms with van der Waals surface area (Å²) in [4.78, 5) is 33.6. The van der Waals surface area contributed by atoms with E-state index < -0.39 is 37.5 Å². The molecule has 0 aliphatic rings. The number of benzene rings is 1. The van der Waals surface area contributed by atoms with Gasteiger partial charge in [-0.2, -0.15) is 5.26 Å². The van der Waals surface area contributed by atoms with E-state index in [1.165, 1.54) is 24.3 Å². The minimum absolute atomic E-state index is 0.313. The lowest BCUT2D eigenvalue weighted by atomic mass is 10.2. The maximum Gasteiger partial charge on any atom is 0.323 e. The van der Waals surface area contributed by atoms with Crippen LogP contribution in [-0.4, -0.2) is 52.7 Å². The molecule has 8 heteroatoms. The normalized spacial score (nSPS) is 9.48. The highest BCUT2D eigenvalue weighted by atomic mass is 16.5. The number of amides is 1. The molecule has 0 aliphatic heterocycles. The van der Waals surface area contributed by atoms with Gasteiger partial charge in [0.25, 0.3) is 5.91 Å². The molecule has 0 fully saturated rings. The largest absolute Gasteiger partial charge is 0.484 e. The predicted molar refractivity (Wildman–Crippen MR) is 68.5 cm³/mol. The van der Waals surface area contributed by atoms with Gasteiger partial charge in [-0.05, 0) is 24.3 Å². The van der Waals surface area contributed by atoms with Crippen LogP contribution >= 0.6 is 0 Å². The molecule has 1 amide bonds. The van der Waals surface area contributed by atoms with Crippen molar-refractivity contribution in [2.45, 2.75) is 0 Å². The highest BCUT2D eigenvalue weighted by molar-refractivity contribution is 5.85. The minimum atomic E-state index is -1.32. The fraction of sp³-hybridized carbons (Fsp3) is 0.231. The summed E-state index contributed by atoms with van der Waals surface area (Å²) < 4.78 is 5.12. The topological polar surface area (TPSA) is 128 Å². The van der Waals surface area contributed by atoms with Crippen molar-refractivity contribution in [2.24, 2.45) is 0 Å². The van der Waals surface area contributed by atoms with Crippen LogP contribution in [-0.2, 0) is 14.4 Å². The number of hydrogen-bond donors (Lipinski definition) is 2. The minimum Gasteiger partial charge on any atom is -0.484 e. The van der Waals surface area contributed by atoms with Gasteiger partial charge in [0, 0.05) is 0 Å². The van der Waals surface area contributed by atoms with Crippen molar-refractivity contribution in [2.75, 3.05) is 19.7 Å². The molecule has 0 saturated carbocycles. The Morgan fingerprint density at radius 1 is 1.10 bits per heavy atom.